The van der Waals surface area contributed by atoms with Gasteiger partial charge in [-0.25, -0.2) is 0 Å². The Morgan fingerprint density at radius 2 is 1.76 bits per heavy atom. The van der Waals surface area contributed by atoms with Crippen molar-refractivity contribution in [1.82, 2.24) is 0 Å². The van der Waals surface area contributed by atoms with E-state index in [-0.39, 0.29) is 39.7 Å². The smallest absolute Gasteiger partial charge is 0.349 e. The molecule has 1 unspecified atom stereocenters. The van der Waals surface area contributed by atoms with Gasteiger partial charge in [0.25, 0.3) is 0 Å². The average Bonchev–Trinajstić information content (AvgIpc) is 3.45. The van der Waals surface area contributed by atoms with Crippen LogP contribution in [0.4, 0.5) is 0 Å². The van der Waals surface area contributed by atoms with E-state index in [1.165, 1.54) is 0 Å². The maximum absolute atomic E-state index is 7.08. The van der Waals surface area contributed by atoms with Gasteiger partial charge >= 0.3 is 8.56 Å². The molecule has 2 heterocycles. The maximum atomic E-state index is 7.08. The number of hydrogen-bond donors (Lipinski definition) is 0. The molecule has 0 aliphatic carbocycles. The molecule has 0 bridgehead atoms. The molecular formula is C27H44O5Si. The van der Waals surface area contributed by atoms with Crippen molar-refractivity contribution in [1.29, 1.82) is 0 Å². The monoisotopic (exact) mass is 476 g/mol. The summed E-state index contributed by atoms with van der Waals surface area (Å²) in [4.78, 5) is 0. The van der Waals surface area contributed by atoms with E-state index < -0.39 is 8.56 Å². The van der Waals surface area contributed by atoms with Gasteiger partial charge in [0.15, 0.2) is 0 Å². The number of epoxide rings is 1. The Kier molecular flexibility index (Phi) is 7.57. The molecule has 33 heavy (non-hydrogen) atoms. The highest BCUT2D eigenvalue weighted by Gasteiger charge is 2.69. The molecular weight excluding hydrogens is 432 g/mol. The summed E-state index contributed by atoms with van der Waals surface area (Å²) in [5, 5.41) is -0.132. The Bertz CT molecular complexity index is 795. The van der Waals surface area contributed by atoms with Crippen molar-refractivity contribution in [3.8, 4) is 5.75 Å². The summed E-state index contributed by atoms with van der Waals surface area (Å²) in [6.07, 6.45) is 2.00. The molecule has 2 fully saturated rings. The molecule has 0 aromatic heterocycles. The largest absolute Gasteiger partial charge is 0.497 e. The lowest BCUT2D eigenvalue weighted by atomic mass is 9.86. The van der Waals surface area contributed by atoms with Gasteiger partial charge in [-0.1, -0.05) is 66.7 Å². The van der Waals surface area contributed by atoms with Crippen LogP contribution >= 0.6 is 0 Å². The Morgan fingerprint density at radius 3 is 2.27 bits per heavy atom. The van der Waals surface area contributed by atoms with Gasteiger partial charge in [-0.3, -0.25) is 0 Å². The highest BCUT2D eigenvalue weighted by molar-refractivity contribution is 6.73. The molecule has 0 N–H and O–H groups in total. The van der Waals surface area contributed by atoms with Crippen molar-refractivity contribution in [2.45, 2.75) is 89.9 Å². The molecule has 2 aliphatic rings. The molecule has 0 spiro atoms. The van der Waals surface area contributed by atoms with Gasteiger partial charge in [-0.2, -0.15) is 0 Å². The third-order valence-corrected chi connectivity index (χ3v) is 12.3. The summed E-state index contributed by atoms with van der Waals surface area (Å²) in [6, 6.07) is 7.99. The summed E-state index contributed by atoms with van der Waals surface area (Å²) < 4.78 is 31.4. The standard InChI is InChI=1S/C27H44O5Si/c1-11-21-18-30-33(25(3,4)5,26(6,7)8)32-24(21)27(9)23(31-27)19(2)16-29-17-20-12-14-22(28-10)15-13-20/h11-15,19,21,23-24H,1,16-18H2,2-10H3/t19-,21-,23+,24-,27?/m0/s1. The second-order valence-corrected chi connectivity index (χ2v) is 16.7. The van der Waals surface area contributed by atoms with Crippen LogP contribution in [0, 0.1) is 11.8 Å². The minimum Gasteiger partial charge on any atom is -0.497 e. The Balaban J connectivity index is 1.67. The van der Waals surface area contributed by atoms with Gasteiger partial charge < -0.3 is 23.1 Å². The first-order valence-corrected chi connectivity index (χ1v) is 13.9. The van der Waals surface area contributed by atoms with Crippen LogP contribution in [0.25, 0.3) is 0 Å². The topological polar surface area (TPSA) is 49.5 Å². The van der Waals surface area contributed by atoms with Crippen molar-refractivity contribution < 1.29 is 23.1 Å². The summed E-state index contributed by atoms with van der Waals surface area (Å²) in [5.41, 5.74) is 0.772. The van der Waals surface area contributed by atoms with E-state index in [1.54, 1.807) is 7.11 Å². The lowest BCUT2D eigenvalue weighted by molar-refractivity contribution is -0.0432. The Labute approximate surface area is 202 Å². The van der Waals surface area contributed by atoms with E-state index in [0.29, 0.717) is 19.8 Å². The Morgan fingerprint density at radius 1 is 1.15 bits per heavy atom. The lowest BCUT2D eigenvalue weighted by Gasteiger charge is -2.55. The molecule has 186 valence electrons. The molecule has 0 saturated carbocycles. The number of ether oxygens (including phenoxy) is 3. The zero-order valence-electron chi connectivity index (χ0n) is 22.1. The summed E-state index contributed by atoms with van der Waals surface area (Å²) in [5.74, 6) is 1.22. The fourth-order valence-electron chi connectivity index (χ4n) is 5.57. The molecule has 5 atom stereocenters. The van der Waals surface area contributed by atoms with Crippen LogP contribution in [0.2, 0.25) is 10.1 Å². The molecule has 0 radical (unpaired) electrons. The first kappa shape index (κ1) is 26.4. The van der Waals surface area contributed by atoms with Gasteiger partial charge in [-0.15, -0.1) is 6.58 Å². The predicted octanol–water partition coefficient (Wildman–Crippen LogP) is 6.27. The zero-order chi connectivity index (χ0) is 24.7. The van der Waals surface area contributed by atoms with Crippen LogP contribution < -0.4 is 4.74 Å². The normalized spacial score (nSPS) is 30.5. The van der Waals surface area contributed by atoms with E-state index in [0.717, 1.165) is 11.3 Å². The third-order valence-electron chi connectivity index (χ3n) is 7.22. The average molecular weight is 477 g/mol. The minimum absolute atomic E-state index is 0.0660. The van der Waals surface area contributed by atoms with Gasteiger partial charge in [0.05, 0.1) is 32.5 Å². The van der Waals surface area contributed by atoms with Gasteiger partial charge in [0.1, 0.15) is 11.4 Å². The van der Waals surface area contributed by atoms with Gasteiger partial charge in [0.2, 0.25) is 0 Å². The van der Waals surface area contributed by atoms with Crippen molar-refractivity contribution in [3.05, 3.63) is 42.5 Å². The molecule has 5 nitrogen and oxygen atoms in total. The fourth-order valence-corrected chi connectivity index (χ4v) is 10.7. The summed E-state index contributed by atoms with van der Waals surface area (Å²) in [7, 11) is -0.913. The van der Waals surface area contributed by atoms with Crippen LogP contribution in [-0.2, 0) is 24.9 Å². The van der Waals surface area contributed by atoms with Crippen molar-refractivity contribution >= 4 is 8.56 Å². The SMILES string of the molecule is C=C[C@H]1CO[Si](C(C)(C)C)(C(C)(C)C)O[C@@H]1C1(C)O[C@@H]1[C@@H](C)COCc1ccc(OC)cc1. The number of hydrogen-bond acceptors (Lipinski definition) is 5. The third kappa shape index (κ3) is 5.10. The Hall–Kier alpha value is -1.18. The minimum atomic E-state index is -2.59. The van der Waals surface area contributed by atoms with Crippen LogP contribution in [-0.4, -0.2) is 46.7 Å². The van der Waals surface area contributed by atoms with Crippen molar-refractivity contribution in [3.63, 3.8) is 0 Å². The molecule has 3 rings (SSSR count). The van der Waals surface area contributed by atoms with Crippen molar-refractivity contribution in [2.24, 2.45) is 11.8 Å². The van der Waals surface area contributed by atoms with Crippen LogP contribution in [0.15, 0.2) is 36.9 Å². The maximum Gasteiger partial charge on any atom is 0.349 e. The molecule has 2 aliphatic heterocycles. The highest BCUT2D eigenvalue weighted by Crippen LogP contribution is 2.58. The van der Waals surface area contributed by atoms with Gasteiger partial charge in [0, 0.05) is 28.5 Å². The van der Waals surface area contributed by atoms with Crippen LogP contribution in [0.1, 0.15) is 61.0 Å². The quantitative estimate of drug-likeness (QED) is 0.252. The number of rotatable bonds is 8. The molecule has 1 aromatic rings. The summed E-state index contributed by atoms with van der Waals surface area (Å²) in [6.45, 7) is 23.8. The van der Waals surface area contributed by atoms with Crippen molar-refractivity contribution in [2.75, 3.05) is 20.3 Å². The summed E-state index contributed by atoms with van der Waals surface area (Å²) >= 11 is 0. The van der Waals surface area contributed by atoms with Crippen LogP contribution in [0.3, 0.4) is 0 Å². The number of benzene rings is 1. The van der Waals surface area contributed by atoms with Gasteiger partial charge in [-0.05, 0) is 24.6 Å². The molecule has 0 amide bonds. The zero-order valence-corrected chi connectivity index (χ0v) is 23.1. The van der Waals surface area contributed by atoms with E-state index >= 15 is 0 Å². The first-order chi connectivity index (χ1) is 15.3. The second-order valence-electron chi connectivity index (χ2n) is 11.9. The second kappa shape index (κ2) is 9.46. The predicted molar refractivity (Wildman–Crippen MR) is 135 cm³/mol. The fraction of sp³-hybridized carbons (Fsp3) is 0.704. The molecule has 2 saturated heterocycles. The van der Waals surface area contributed by atoms with E-state index in [2.05, 4.69) is 62.0 Å². The molecule has 6 heteroatoms. The van der Waals surface area contributed by atoms with E-state index in [9.17, 15) is 0 Å². The van der Waals surface area contributed by atoms with E-state index in [1.807, 2.05) is 30.3 Å². The number of methoxy groups -OCH3 is 1. The first-order valence-electron chi connectivity index (χ1n) is 12.1. The van der Waals surface area contributed by atoms with Crippen LogP contribution in [0.5, 0.6) is 5.75 Å². The lowest BCUT2D eigenvalue weighted by Crippen LogP contribution is -2.65. The highest BCUT2D eigenvalue weighted by atomic mass is 28.4. The molecule has 1 aromatic carbocycles. The van der Waals surface area contributed by atoms with E-state index in [4.69, 9.17) is 23.1 Å².